The van der Waals surface area contributed by atoms with Gasteiger partial charge in [0.05, 0.1) is 17.7 Å². The third-order valence-electron chi connectivity index (χ3n) is 10.5. The summed E-state index contributed by atoms with van der Waals surface area (Å²) in [5.41, 5.74) is -5.41. The van der Waals surface area contributed by atoms with Crippen LogP contribution >= 0.6 is 0 Å². The second kappa shape index (κ2) is 12.4. The van der Waals surface area contributed by atoms with Crippen molar-refractivity contribution in [1.29, 1.82) is 0 Å². The molecule has 0 spiro atoms. The molecule has 2 unspecified atom stereocenters. The van der Waals surface area contributed by atoms with Gasteiger partial charge in [-0.05, 0) is 86.4 Å². The van der Waals surface area contributed by atoms with Crippen LogP contribution in [0.2, 0.25) is 0 Å². The van der Waals surface area contributed by atoms with Gasteiger partial charge in [0, 0.05) is 36.2 Å². The molecule has 47 heavy (non-hydrogen) atoms. The Balaban J connectivity index is 1.28. The first-order valence-corrected chi connectivity index (χ1v) is 15.9. The van der Waals surface area contributed by atoms with Gasteiger partial charge in [-0.2, -0.15) is 26.3 Å². The predicted octanol–water partition coefficient (Wildman–Crippen LogP) is 7.51. The van der Waals surface area contributed by atoms with Crippen molar-refractivity contribution < 1.29 is 41.0 Å². The zero-order valence-corrected chi connectivity index (χ0v) is 25.7. The molecule has 1 aliphatic heterocycles. The van der Waals surface area contributed by atoms with Crippen molar-refractivity contribution in [2.24, 2.45) is 5.92 Å². The zero-order chi connectivity index (χ0) is 33.6. The lowest BCUT2D eigenvalue weighted by molar-refractivity contribution is -0.153. The second-order valence-corrected chi connectivity index (χ2v) is 13.1. The van der Waals surface area contributed by atoms with Crippen LogP contribution in [0.4, 0.5) is 32.0 Å². The Morgan fingerprint density at radius 3 is 1.83 bits per heavy atom. The first-order valence-electron chi connectivity index (χ1n) is 15.9. The summed E-state index contributed by atoms with van der Waals surface area (Å²) in [6, 6.07) is 19.8. The highest BCUT2D eigenvalue weighted by Gasteiger charge is 2.55. The number of piperazine rings is 1. The van der Waals surface area contributed by atoms with Crippen molar-refractivity contribution >= 4 is 17.4 Å². The van der Waals surface area contributed by atoms with Crippen LogP contribution in [0.25, 0.3) is 0 Å². The number of para-hydroxylation sites is 1. The number of hydrogen-bond donors (Lipinski definition) is 1. The lowest BCUT2D eigenvalue weighted by Gasteiger charge is -2.51. The van der Waals surface area contributed by atoms with E-state index < -0.39 is 51.8 Å². The summed E-state index contributed by atoms with van der Waals surface area (Å²) in [5, 5.41) is 11.8. The van der Waals surface area contributed by atoms with Crippen LogP contribution in [-0.2, 0) is 33.0 Å². The lowest BCUT2D eigenvalue weighted by atomic mass is 9.55. The largest absolute Gasteiger partial charge is 0.416 e. The molecule has 0 bridgehead atoms. The molecule has 5 nitrogen and oxygen atoms in total. The Bertz CT molecular complexity index is 1570. The summed E-state index contributed by atoms with van der Waals surface area (Å²) >= 11 is 0. The van der Waals surface area contributed by atoms with E-state index in [1.807, 2.05) is 60.7 Å². The molecule has 1 saturated heterocycles. The van der Waals surface area contributed by atoms with E-state index in [9.17, 15) is 41.0 Å². The third-order valence-corrected chi connectivity index (χ3v) is 10.5. The van der Waals surface area contributed by atoms with Crippen LogP contribution in [0.15, 0.2) is 78.9 Å². The number of halogens is 6. The van der Waals surface area contributed by atoms with E-state index in [1.54, 1.807) is 4.90 Å². The molecule has 6 rings (SSSR count). The maximum atomic E-state index is 14.4. The molecule has 3 aromatic rings. The van der Waals surface area contributed by atoms with Gasteiger partial charge < -0.3 is 10.0 Å². The molecule has 2 atom stereocenters. The van der Waals surface area contributed by atoms with Crippen LogP contribution < -0.4 is 4.90 Å². The molecule has 250 valence electrons. The van der Waals surface area contributed by atoms with E-state index in [-0.39, 0.29) is 37.4 Å². The minimum absolute atomic E-state index is 0.00539. The van der Waals surface area contributed by atoms with Crippen molar-refractivity contribution in [2.45, 2.75) is 74.4 Å². The van der Waals surface area contributed by atoms with Crippen molar-refractivity contribution in [3.63, 3.8) is 0 Å². The first kappa shape index (κ1) is 33.2. The molecule has 1 amide bonds. The molecule has 2 saturated carbocycles. The molecule has 1 heterocycles. The average molecular weight is 659 g/mol. The summed E-state index contributed by atoms with van der Waals surface area (Å²) < 4.78 is 82.4. The fourth-order valence-corrected chi connectivity index (χ4v) is 8.09. The molecule has 0 aromatic heterocycles. The zero-order valence-electron chi connectivity index (χ0n) is 25.7. The minimum Gasteiger partial charge on any atom is -0.377 e. The maximum absolute atomic E-state index is 14.4. The van der Waals surface area contributed by atoms with Gasteiger partial charge in [0.2, 0.25) is 5.91 Å². The van der Waals surface area contributed by atoms with Gasteiger partial charge in [0.1, 0.15) is 5.60 Å². The number of aliphatic hydroxyl groups is 1. The molecule has 11 heteroatoms. The third kappa shape index (κ3) is 6.32. The molecule has 0 radical (unpaired) electrons. The number of benzene rings is 3. The van der Waals surface area contributed by atoms with Crippen molar-refractivity contribution in [3.05, 3.63) is 101 Å². The molecular weight excluding hydrogens is 622 g/mol. The van der Waals surface area contributed by atoms with E-state index in [4.69, 9.17) is 0 Å². The Labute approximate surface area is 269 Å². The van der Waals surface area contributed by atoms with E-state index in [2.05, 4.69) is 4.90 Å². The topological polar surface area (TPSA) is 60.9 Å². The number of ketones is 1. The normalized spacial score (nSPS) is 28.0. The molecular formula is C36H36F6N2O3. The number of amides is 1. The van der Waals surface area contributed by atoms with Gasteiger partial charge in [-0.3, -0.25) is 14.5 Å². The van der Waals surface area contributed by atoms with E-state index in [0.29, 0.717) is 57.3 Å². The van der Waals surface area contributed by atoms with Crippen molar-refractivity contribution in [1.82, 2.24) is 4.90 Å². The van der Waals surface area contributed by atoms with Gasteiger partial charge in [-0.1, -0.05) is 48.5 Å². The van der Waals surface area contributed by atoms with Crippen molar-refractivity contribution in [3.8, 4) is 0 Å². The Kier molecular flexibility index (Phi) is 8.76. The summed E-state index contributed by atoms with van der Waals surface area (Å²) in [5.74, 6) is -1.58. The van der Waals surface area contributed by atoms with Crippen LogP contribution in [0.3, 0.4) is 0 Å². The summed E-state index contributed by atoms with van der Waals surface area (Å²) in [6.07, 6.45) is -7.60. The summed E-state index contributed by atoms with van der Waals surface area (Å²) in [7, 11) is 0. The lowest BCUT2D eigenvalue weighted by Crippen LogP contribution is -2.57. The smallest absolute Gasteiger partial charge is 0.377 e. The maximum Gasteiger partial charge on any atom is 0.416 e. The molecule has 3 fully saturated rings. The van der Waals surface area contributed by atoms with Gasteiger partial charge in [0.15, 0.2) is 5.78 Å². The summed E-state index contributed by atoms with van der Waals surface area (Å²) in [4.78, 5) is 31.4. The fraction of sp³-hybridized carbons (Fsp3) is 0.444. The molecule has 2 aliphatic carbocycles. The number of alkyl halides is 6. The minimum atomic E-state index is -5.11. The van der Waals surface area contributed by atoms with E-state index >= 15 is 0 Å². The van der Waals surface area contributed by atoms with E-state index in [0.717, 1.165) is 11.3 Å². The van der Waals surface area contributed by atoms with Gasteiger partial charge >= 0.3 is 12.4 Å². The van der Waals surface area contributed by atoms with Crippen LogP contribution in [0.1, 0.15) is 67.2 Å². The van der Waals surface area contributed by atoms with E-state index in [1.165, 1.54) is 0 Å². The quantitative estimate of drug-likeness (QED) is 0.289. The van der Waals surface area contributed by atoms with Gasteiger partial charge in [0.25, 0.3) is 0 Å². The monoisotopic (exact) mass is 658 g/mol. The highest BCUT2D eigenvalue weighted by Crippen LogP contribution is 2.53. The number of Topliss-reactive ketones (excluding diaryl/α,β-unsaturated/α-hetero) is 1. The van der Waals surface area contributed by atoms with Crippen LogP contribution in [-0.4, -0.2) is 47.4 Å². The van der Waals surface area contributed by atoms with Gasteiger partial charge in [-0.15, -0.1) is 0 Å². The highest BCUT2D eigenvalue weighted by atomic mass is 19.4. The number of nitrogens with zero attached hydrogens (tertiary/aromatic N) is 2. The SMILES string of the molecule is O=C1CN(C2CCC(c3ccccc3)(C3CCCC(O)(c4cc(C(F)(F)F)cc(C(F)(F)F)c4)C3=O)CC2)CCN1c1ccccc1. The number of hydrogen-bond acceptors (Lipinski definition) is 4. The number of carbonyl (C=O) groups is 2. The summed E-state index contributed by atoms with van der Waals surface area (Å²) in [6.45, 7) is 1.45. The van der Waals surface area contributed by atoms with Crippen molar-refractivity contribution in [2.75, 3.05) is 24.5 Å². The number of carbonyl (C=O) groups excluding carboxylic acids is 2. The highest BCUT2D eigenvalue weighted by molar-refractivity contribution is 5.95. The Hall–Kier alpha value is -3.70. The Morgan fingerprint density at radius 2 is 1.28 bits per heavy atom. The Morgan fingerprint density at radius 1 is 0.702 bits per heavy atom. The predicted molar refractivity (Wildman–Crippen MR) is 163 cm³/mol. The number of anilines is 1. The fourth-order valence-electron chi connectivity index (χ4n) is 8.09. The van der Waals surface area contributed by atoms with Crippen LogP contribution in [0, 0.1) is 5.92 Å². The first-order chi connectivity index (χ1) is 22.2. The second-order valence-electron chi connectivity index (χ2n) is 13.1. The standard InChI is InChI=1S/C36H36F6N2O3/c37-35(38,39)26-20-25(21-27(22-26)36(40,41)42)34(47)15-7-12-30(32(34)46)33(24-8-3-1-4-9-24)16-13-28(14-17-33)43-18-19-44(31(45)23-43)29-10-5-2-6-11-29/h1-6,8-11,20-22,28,30,47H,7,12-19,23H2. The molecule has 3 aliphatic rings. The molecule has 3 aromatic carbocycles. The number of rotatable bonds is 5. The average Bonchev–Trinajstić information content (AvgIpc) is 3.06. The molecule has 1 N–H and O–H groups in total. The van der Waals surface area contributed by atoms with Crippen LogP contribution in [0.5, 0.6) is 0 Å². The van der Waals surface area contributed by atoms with Gasteiger partial charge in [-0.25, -0.2) is 0 Å².